The van der Waals surface area contributed by atoms with Crippen LogP contribution >= 0.6 is 22.9 Å². The Morgan fingerprint density at radius 1 is 1.32 bits per heavy atom. The Hall–Kier alpha value is -1.95. The van der Waals surface area contributed by atoms with Gasteiger partial charge < -0.3 is 10.1 Å². The third kappa shape index (κ3) is 4.07. The lowest BCUT2D eigenvalue weighted by Crippen LogP contribution is -2.26. The van der Waals surface area contributed by atoms with Crippen molar-refractivity contribution in [2.45, 2.75) is 45.1 Å². The summed E-state index contributed by atoms with van der Waals surface area (Å²) in [5.74, 6) is 0.0815. The first-order valence-electron chi connectivity index (χ1n) is 9.63. The van der Waals surface area contributed by atoms with Crippen molar-refractivity contribution >= 4 is 39.1 Å². The predicted molar refractivity (Wildman–Crippen MR) is 115 cm³/mol. The third-order valence-electron chi connectivity index (χ3n) is 4.93. The molecule has 2 aromatic carbocycles. The number of carbonyl (C=O) groups excluding carboxylic acids is 1. The Bertz CT molecular complexity index is 1010. The molecule has 6 heteroatoms. The summed E-state index contributed by atoms with van der Waals surface area (Å²) in [5, 5.41) is 4.80. The lowest BCUT2D eigenvalue weighted by Gasteiger charge is -2.22. The van der Waals surface area contributed by atoms with E-state index in [-0.39, 0.29) is 11.9 Å². The van der Waals surface area contributed by atoms with Crippen molar-refractivity contribution in [2.24, 2.45) is 0 Å². The van der Waals surface area contributed by atoms with Gasteiger partial charge in [-0.2, -0.15) is 0 Å². The van der Waals surface area contributed by atoms with Gasteiger partial charge in [-0.25, -0.2) is 4.98 Å². The van der Waals surface area contributed by atoms with Crippen LogP contribution in [0.3, 0.4) is 0 Å². The average Bonchev–Trinajstić information content (AvgIpc) is 3.10. The van der Waals surface area contributed by atoms with Crippen LogP contribution in [0.4, 0.5) is 0 Å². The van der Waals surface area contributed by atoms with Crippen molar-refractivity contribution in [3.8, 4) is 5.75 Å². The molecule has 1 aliphatic heterocycles. The number of aryl methyl sites for hydroxylation is 1. The van der Waals surface area contributed by atoms with E-state index in [4.69, 9.17) is 16.3 Å². The lowest BCUT2D eigenvalue weighted by molar-refractivity contribution is -0.137. The standard InChI is InChI=1S/C22H23ClN2O2S/c1-13(2)24-10-4-5-14-8-9-15-12-16(22(26)27-18(15)11-14)21-25-20-17(23)6-3-7-19(20)28-21/h3,6-9,11,13,16,24H,4-5,10,12H2,1-2H3. The SMILES string of the molecule is CC(C)NCCCc1ccc2c(c1)OC(=O)C(c1nc3c(Cl)cccc3s1)C2. The van der Waals surface area contributed by atoms with Crippen LogP contribution in [0.2, 0.25) is 5.02 Å². The highest BCUT2D eigenvalue weighted by molar-refractivity contribution is 7.18. The largest absolute Gasteiger partial charge is 0.426 e. The number of nitrogens with zero attached hydrogens (tertiary/aromatic N) is 1. The van der Waals surface area contributed by atoms with Crippen LogP contribution in [0, 0.1) is 0 Å². The Morgan fingerprint density at radius 3 is 2.96 bits per heavy atom. The van der Waals surface area contributed by atoms with E-state index >= 15 is 0 Å². The van der Waals surface area contributed by atoms with Gasteiger partial charge in [-0.05, 0) is 55.1 Å². The van der Waals surface area contributed by atoms with Gasteiger partial charge in [0.05, 0.1) is 9.72 Å². The first-order chi connectivity index (χ1) is 13.5. The highest BCUT2D eigenvalue weighted by Crippen LogP contribution is 2.38. The number of rotatable bonds is 6. The van der Waals surface area contributed by atoms with Crippen LogP contribution in [0.1, 0.15) is 42.3 Å². The fraction of sp³-hybridized carbons (Fsp3) is 0.364. The highest BCUT2D eigenvalue weighted by atomic mass is 35.5. The molecule has 3 aromatic rings. The minimum atomic E-state index is -0.373. The summed E-state index contributed by atoms with van der Waals surface area (Å²) in [6, 6.07) is 12.4. The monoisotopic (exact) mass is 414 g/mol. The Morgan fingerprint density at radius 2 is 2.18 bits per heavy atom. The minimum Gasteiger partial charge on any atom is -0.426 e. The molecule has 1 unspecified atom stereocenters. The molecule has 146 valence electrons. The summed E-state index contributed by atoms with van der Waals surface area (Å²) in [6.45, 7) is 5.28. The normalized spacial score (nSPS) is 16.4. The molecule has 1 aliphatic rings. The summed E-state index contributed by atoms with van der Waals surface area (Å²) < 4.78 is 6.68. The van der Waals surface area contributed by atoms with Gasteiger partial charge in [0.25, 0.3) is 0 Å². The maximum Gasteiger partial charge on any atom is 0.321 e. The fourth-order valence-electron chi connectivity index (χ4n) is 3.45. The van der Waals surface area contributed by atoms with E-state index in [1.807, 2.05) is 24.3 Å². The third-order valence-corrected chi connectivity index (χ3v) is 6.37. The van der Waals surface area contributed by atoms with E-state index in [2.05, 4.69) is 36.3 Å². The summed E-state index contributed by atoms with van der Waals surface area (Å²) in [5.41, 5.74) is 3.01. The van der Waals surface area contributed by atoms with Crippen molar-refractivity contribution in [3.63, 3.8) is 0 Å². The van der Waals surface area contributed by atoms with Gasteiger partial charge >= 0.3 is 5.97 Å². The molecule has 28 heavy (non-hydrogen) atoms. The average molecular weight is 415 g/mol. The molecule has 4 nitrogen and oxygen atoms in total. The van der Waals surface area contributed by atoms with Gasteiger partial charge in [0.2, 0.25) is 0 Å². The number of hydrogen-bond donors (Lipinski definition) is 1. The van der Waals surface area contributed by atoms with Crippen molar-refractivity contribution in [1.82, 2.24) is 10.3 Å². The molecular weight excluding hydrogens is 392 g/mol. The van der Waals surface area contributed by atoms with Crippen molar-refractivity contribution in [3.05, 3.63) is 57.6 Å². The van der Waals surface area contributed by atoms with E-state index in [0.29, 0.717) is 23.2 Å². The van der Waals surface area contributed by atoms with Crippen LogP contribution in [-0.2, 0) is 17.6 Å². The molecule has 0 spiro atoms. The summed E-state index contributed by atoms with van der Waals surface area (Å²) in [6.07, 6.45) is 2.63. The van der Waals surface area contributed by atoms with Gasteiger partial charge in [-0.3, -0.25) is 4.79 Å². The molecule has 0 fully saturated rings. The van der Waals surface area contributed by atoms with Crippen molar-refractivity contribution in [2.75, 3.05) is 6.54 Å². The molecule has 1 atom stereocenters. The number of carbonyl (C=O) groups is 1. The number of halogens is 1. The molecule has 0 radical (unpaired) electrons. The number of benzene rings is 2. The zero-order valence-electron chi connectivity index (χ0n) is 16.0. The second kappa shape index (κ2) is 8.19. The van der Waals surface area contributed by atoms with Gasteiger partial charge in [0.15, 0.2) is 0 Å². The number of ether oxygens (including phenoxy) is 1. The maximum atomic E-state index is 12.7. The first kappa shape index (κ1) is 19.4. The predicted octanol–water partition coefficient (Wildman–Crippen LogP) is 5.13. The van der Waals surface area contributed by atoms with E-state index < -0.39 is 0 Å². The van der Waals surface area contributed by atoms with Crippen molar-refractivity contribution in [1.29, 1.82) is 0 Å². The maximum absolute atomic E-state index is 12.7. The molecule has 2 heterocycles. The van der Waals surface area contributed by atoms with E-state index in [9.17, 15) is 4.79 Å². The lowest BCUT2D eigenvalue weighted by atomic mass is 9.94. The summed E-state index contributed by atoms with van der Waals surface area (Å²) in [4.78, 5) is 17.3. The molecule has 1 N–H and O–H groups in total. The topological polar surface area (TPSA) is 51.2 Å². The second-order valence-corrected chi connectivity index (χ2v) is 8.94. The molecular formula is C22H23ClN2O2S. The molecule has 1 aromatic heterocycles. The number of esters is 1. The van der Waals surface area contributed by atoms with Crippen LogP contribution in [0.5, 0.6) is 5.75 Å². The van der Waals surface area contributed by atoms with Gasteiger partial charge in [-0.15, -0.1) is 11.3 Å². The second-order valence-electron chi connectivity index (χ2n) is 7.47. The Labute approximate surface area is 173 Å². The number of fused-ring (bicyclic) bond motifs is 2. The van der Waals surface area contributed by atoms with E-state index in [1.165, 1.54) is 16.9 Å². The number of thiazole rings is 1. The van der Waals surface area contributed by atoms with Crippen LogP contribution in [-0.4, -0.2) is 23.5 Å². The number of para-hydroxylation sites is 1. The van der Waals surface area contributed by atoms with E-state index in [0.717, 1.165) is 40.2 Å². The van der Waals surface area contributed by atoms with Gasteiger partial charge in [-0.1, -0.05) is 43.6 Å². The molecule has 0 bridgehead atoms. The number of nitrogens with one attached hydrogen (secondary N) is 1. The minimum absolute atomic E-state index is 0.235. The van der Waals surface area contributed by atoms with E-state index in [1.54, 1.807) is 0 Å². The molecule has 0 aliphatic carbocycles. The molecule has 0 saturated carbocycles. The summed E-state index contributed by atoms with van der Waals surface area (Å²) in [7, 11) is 0. The number of hydrogen-bond acceptors (Lipinski definition) is 5. The summed E-state index contributed by atoms with van der Waals surface area (Å²) >= 11 is 7.75. The fourth-order valence-corrected chi connectivity index (χ4v) is 4.81. The zero-order valence-corrected chi connectivity index (χ0v) is 17.6. The molecule has 0 amide bonds. The van der Waals surface area contributed by atoms with Crippen LogP contribution in [0.15, 0.2) is 36.4 Å². The van der Waals surface area contributed by atoms with Crippen molar-refractivity contribution < 1.29 is 9.53 Å². The smallest absolute Gasteiger partial charge is 0.321 e. The number of aromatic nitrogens is 1. The van der Waals surface area contributed by atoms with Gasteiger partial charge in [0.1, 0.15) is 22.2 Å². The Kier molecular flexibility index (Phi) is 5.67. The van der Waals surface area contributed by atoms with Crippen LogP contribution in [0.25, 0.3) is 10.2 Å². The zero-order chi connectivity index (χ0) is 19.7. The van der Waals surface area contributed by atoms with Crippen LogP contribution < -0.4 is 10.1 Å². The Balaban J connectivity index is 1.50. The van der Waals surface area contributed by atoms with Gasteiger partial charge in [0, 0.05) is 6.04 Å². The molecule has 4 rings (SSSR count). The highest BCUT2D eigenvalue weighted by Gasteiger charge is 2.32. The quantitative estimate of drug-likeness (QED) is 0.345. The molecule has 0 saturated heterocycles. The first-order valence-corrected chi connectivity index (χ1v) is 10.8.